The van der Waals surface area contributed by atoms with Crippen LogP contribution in [0.15, 0.2) is 0 Å². The largest absolute Gasteiger partial charge is 0.344 e. The number of alkyl halides is 1. The monoisotopic (exact) mass is 392 g/mol. The summed E-state index contributed by atoms with van der Waals surface area (Å²) < 4.78 is 13.6. The maximum absolute atomic E-state index is 13.6. The van der Waals surface area contributed by atoms with Crippen molar-refractivity contribution in [2.75, 3.05) is 33.2 Å². The van der Waals surface area contributed by atoms with Gasteiger partial charge < -0.3 is 27.8 Å². The predicted molar refractivity (Wildman–Crippen MR) is 103 cm³/mol. The van der Waals surface area contributed by atoms with Crippen molar-refractivity contribution in [3.8, 4) is 0 Å². The number of hydrogen-bond acceptors (Lipinski definition) is 9. The van der Waals surface area contributed by atoms with Crippen LogP contribution in [0.4, 0.5) is 4.39 Å². The summed E-state index contributed by atoms with van der Waals surface area (Å²) in [4.78, 5) is 12.9. The van der Waals surface area contributed by atoms with Crippen molar-refractivity contribution in [3.05, 3.63) is 0 Å². The molecule has 10 N–H and O–H groups in total. The van der Waals surface area contributed by atoms with Crippen LogP contribution in [-0.2, 0) is 4.79 Å². The quantitative estimate of drug-likeness (QED) is 0.162. The molecule has 0 spiro atoms. The van der Waals surface area contributed by atoms with Crippen molar-refractivity contribution in [2.24, 2.45) is 35.0 Å². The van der Waals surface area contributed by atoms with Gasteiger partial charge in [-0.3, -0.25) is 10.1 Å². The lowest BCUT2D eigenvalue weighted by atomic mass is 9.86. The molecule has 2 aliphatic rings. The molecule has 0 aromatic heterocycles. The van der Waals surface area contributed by atoms with Gasteiger partial charge in [0.25, 0.3) is 0 Å². The van der Waals surface area contributed by atoms with E-state index in [1.807, 2.05) is 14.0 Å². The van der Waals surface area contributed by atoms with Gasteiger partial charge in [-0.1, -0.05) is 0 Å². The Morgan fingerprint density at radius 3 is 2.77 bits per heavy atom. The Labute approximate surface area is 159 Å². The fraction of sp³-hybridized carbons (Fsp3) is 0.933. The van der Waals surface area contributed by atoms with Crippen LogP contribution in [0.2, 0.25) is 0 Å². The molecular weight excluding hydrogens is 359 g/mol. The van der Waals surface area contributed by atoms with E-state index in [1.54, 1.807) is 5.01 Å². The highest BCUT2D eigenvalue weighted by Gasteiger charge is 2.47. The van der Waals surface area contributed by atoms with Crippen molar-refractivity contribution in [2.45, 2.75) is 36.8 Å². The van der Waals surface area contributed by atoms with Crippen molar-refractivity contribution >= 4 is 18.5 Å². The topological polar surface area (TPSA) is 146 Å². The molecule has 0 aromatic rings. The Hall–Kier alpha value is -0.530. The normalized spacial score (nSPS) is 34.0. The molecule has 2 rings (SSSR count). The van der Waals surface area contributed by atoms with Crippen LogP contribution >= 0.6 is 12.6 Å². The number of nitrogens with one attached hydrogen (secondary N) is 4. The van der Waals surface area contributed by atoms with E-state index in [4.69, 9.17) is 17.2 Å². The number of halogens is 1. The molecule has 0 radical (unpaired) electrons. The lowest BCUT2D eigenvalue weighted by Gasteiger charge is -2.36. The number of hydrogen-bond donors (Lipinski definition) is 8. The van der Waals surface area contributed by atoms with E-state index >= 15 is 0 Å². The smallest absolute Gasteiger partial charge is 0.229 e. The van der Waals surface area contributed by atoms with Crippen LogP contribution in [0.3, 0.4) is 0 Å². The minimum Gasteiger partial charge on any atom is -0.344 e. The molecule has 152 valence electrons. The SMILES string of the molecule is CNCC(CN)C(C(C)N)C(S)NC(=O)C1C(N)NN2CC(F)CNC12. The zero-order valence-electron chi connectivity index (χ0n) is 15.4. The average Bonchev–Trinajstić information content (AvgIpc) is 2.88. The molecular formula is C15H33FN8OS. The maximum Gasteiger partial charge on any atom is 0.229 e. The first-order chi connectivity index (χ1) is 12.3. The third-order valence-electron chi connectivity index (χ3n) is 5.20. The molecule has 11 heteroatoms. The molecule has 2 saturated heterocycles. The number of nitrogens with two attached hydrogens (primary N) is 3. The van der Waals surface area contributed by atoms with Gasteiger partial charge in [-0.2, -0.15) is 12.6 Å². The number of amides is 1. The van der Waals surface area contributed by atoms with Crippen molar-refractivity contribution in [3.63, 3.8) is 0 Å². The summed E-state index contributed by atoms with van der Waals surface area (Å²) in [5, 5.41) is 10.3. The number of nitrogens with zero attached hydrogens (tertiary/aromatic N) is 1. The van der Waals surface area contributed by atoms with E-state index in [1.165, 1.54) is 0 Å². The van der Waals surface area contributed by atoms with E-state index in [-0.39, 0.29) is 43.0 Å². The molecule has 8 atom stereocenters. The zero-order valence-corrected chi connectivity index (χ0v) is 16.3. The van der Waals surface area contributed by atoms with Crippen LogP contribution in [-0.4, -0.2) is 74.1 Å². The first-order valence-electron chi connectivity index (χ1n) is 9.04. The Morgan fingerprint density at radius 2 is 2.19 bits per heavy atom. The van der Waals surface area contributed by atoms with E-state index in [0.717, 1.165) is 0 Å². The van der Waals surface area contributed by atoms with Gasteiger partial charge in [0.2, 0.25) is 5.91 Å². The molecule has 2 fully saturated rings. The average molecular weight is 393 g/mol. The maximum atomic E-state index is 13.6. The summed E-state index contributed by atoms with van der Waals surface area (Å²) in [5.74, 6) is -0.856. The number of thiol groups is 1. The minimum atomic E-state index is -1.00. The molecule has 8 unspecified atom stereocenters. The lowest BCUT2D eigenvalue weighted by Crippen LogP contribution is -2.59. The molecule has 2 heterocycles. The van der Waals surface area contributed by atoms with Gasteiger partial charge >= 0.3 is 0 Å². The second-order valence-electron chi connectivity index (χ2n) is 7.23. The Morgan fingerprint density at radius 1 is 1.50 bits per heavy atom. The number of hydrazine groups is 1. The molecule has 9 nitrogen and oxygen atoms in total. The van der Waals surface area contributed by atoms with Crippen molar-refractivity contribution in [1.29, 1.82) is 0 Å². The highest BCUT2D eigenvalue weighted by Crippen LogP contribution is 2.25. The number of fused-ring (bicyclic) bond motifs is 1. The summed E-state index contributed by atoms with van der Waals surface area (Å²) >= 11 is 4.59. The van der Waals surface area contributed by atoms with E-state index < -0.39 is 23.6 Å². The van der Waals surface area contributed by atoms with Crippen LogP contribution in [0, 0.1) is 17.8 Å². The molecule has 26 heavy (non-hydrogen) atoms. The molecule has 0 saturated carbocycles. The Kier molecular flexibility index (Phi) is 8.04. The summed E-state index contributed by atoms with van der Waals surface area (Å²) in [6.45, 7) is 3.38. The first-order valence-corrected chi connectivity index (χ1v) is 9.56. The summed E-state index contributed by atoms with van der Waals surface area (Å²) in [5.41, 5.74) is 21.1. The van der Waals surface area contributed by atoms with Crippen LogP contribution < -0.4 is 38.6 Å². The van der Waals surface area contributed by atoms with Gasteiger partial charge in [-0.25, -0.2) is 14.8 Å². The first kappa shape index (κ1) is 21.8. The van der Waals surface area contributed by atoms with E-state index in [2.05, 4.69) is 34.0 Å². The summed E-state index contributed by atoms with van der Waals surface area (Å²) in [6, 6.07) is -0.202. The summed E-state index contributed by atoms with van der Waals surface area (Å²) in [7, 11) is 1.84. The molecule has 0 bridgehead atoms. The molecule has 0 aliphatic carbocycles. The Balaban J connectivity index is 2.04. The van der Waals surface area contributed by atoms with Crippen LogP contribution in [0.25, 0.3) is 0 Å². The second kappa shape index (κ2) is 9.60. The van der Waals surface area contributed by atoms with E-state index in [9.17, 15) is 9.18 Å². The zero-order chi connectivity index (χ0) is 19.4. The molecule has 1 amide bonds. The van der Waals surface area contributed by atoms with Gasteiger partial charge in [0.15, 0.2) is 0 Å². The van der Waals surface area contributed by atoms with Crippen LogP contribution in [0.5, 0.6) is 0 Å². The van der Waals surface area contributed by atoms with Crippen LogP contribution in [0.1, 0.15) is 6.92 Å². The fourth-order valence-corrected chi connectivity index (χ4v) is 4.57. The van der Waals surface area contributed by atoms with Gasteiger partial charge in [0.1, 0.15) is 6.17 Å². The second-order valence-corrected chi connectivity index (χ2v) is 7.78. The molecule has 2 aliphatic heterocycles. The molecule has 0 aromatic carbocycles. The minimum absolute atomic E-state index is 0.0646. The standard InChI is InChI=1S/C15H33FN8OS/c1-7(18)10(8(3-17)4-20-2)15(26)22-14(25)11-12(19)23-24-6-9(16)5-21-13(11)24/h7-13,15,20-21,23,26H,3-6,17-19H2,1-2H3,(H,22,25). The number of carbonyl (C=O) groups is 1. The Bertz CT molecular complexity index is 473. The van der Waals surface area contributed by atoms with Crippen molar-refractivity contribution in [1.82, 2.24) is 26.4 Å². The number of rotatable bonds is 8. The fourth-order valence-electron chi connectivity index (χ4n) is 3.93. The third kappa shape index (κ3) is 4.84. The van der Waals surface area contributed by atoms with Gasteiger partial charge in [-0.15, -0.1) is 0 Å². The highest BCUT2D eigenvalue weighted by atomic mass is 32.1. The van der Waals surface area contributed by atoms with Gasteiger partial charge in [-0.05, 0) is 33.0 Å². The predicted octanol–water partition coefficient (Wildman–Crippen LogP) is -2.90. The lowest BCUT2D eigenvalue weighted by molar-refractivity contribution is -0.127. The van der Waals surface area contributed by atoms with Gasteiger partial charge in [0.05, 0.1) is 23.6 Å². The van der Waals surface area contributed by atoms with Gasteiger partial charge in [0, 0.05) is 25.0 Å². The van der Waals surface area contributed by atoms with Crippen molar-refractivity contribution < 1.29 is 9.18 Å². The highest BCUT2D eigenvalue weighted by molar-refractivity contribution is 7.80. The number of carbonyl (C=O) groups excluding carboxylic acids is 1. The third-order valence-corrected chi connectivity index (χ3v) is 5.67. The van der Waals surface area contributed by atoms with E-state index in [0.29, 0.717) is 13.1 Å². The summed E-state index contributed by atoms with van der Waals surface area (Å²) in [6.07, 6.45) is -1.96.